The van der Waals surface area contributed by atoms with Gasteiger partial charge < -0.3 is 10.4 Å². The summed E-state index contributed by atoms with van der Waals surface area (Å²) in [6.45, 7) is 3.66. The molecular formula is C15H16ClNO. The molecule has 2 aromatic carbocycles. The minimum Gasteiger partial charge on any atom is -0.506 e. The van der Waals surface area contributed by atoms with Crippen molar-refractivity contribution in [3.05, 3.63) is 64.2 Å². The molecule has 0 atom stereocenters. The summed E-state index contributed by atoms with van der Waals surface area (Å²) in [5.74, 6) is 0.124. The van der Waals surface area contributed by atoms with Crippen molar-refractivity contribution in [2.75, 3.05) is 0 Å². The van der Waals surface area contributed by atoms with Crippen molar-refractivity contribution in [1.82, 2.24) is 5.32 Å². The molecule has 18 heavy (non-hydrogen) atoms. The first-order chi connectivity index (χ1) is 8.66. The molecule has 2 aromatic rings. The molecule has 0 aliphatic rings. The highest BCUT2D eigenvalue weighted by atomic mass is 35.5. The largest absolute Gasteiger partial charge is 0.506 e. The summed E-state index contributed by atoms with van der Waals surface area (Å²) in [7, 11) is 0. The number of rotatable bonds is 4. The molecule has 0 unspecified atom stereocenters. The van der Waals surface area contributed by atoms with Gasteiger partial charge in [0.05, 0.1) is 5.02 Å². The van der Waals surface area contributed by atoms with Gasteiger partial charge in [0.2, 0.25) is 0 Å². The fourth-order valence-electron chi connectivity index (χ4n) is 1.81. The van der Waals surface area contributed by atoms with E-state index in [4.69, 9.17) is 11.6 Å². The van der Waals surface area contributed by atoms with Gasteiger partial charge in [-0.1, -0.05) is 41.9 Å². The normalized spacial score (nSPS) is 10.6. The van der Waals surface area contributed by atoms with Crippen molar-refractivity contribution >= 4 is 11.6 Å². The molecule has 2 rings (SSSR count). The van der Waals surface area contributed by atoms with Gasteiger partial charge in [-0.3, -0.25) is 0 Å². The van der Waals surface area contributed by atoms with Gasteiger partial charge in [-0.2, -0.15) is 0 Å². The van der Waals surface area contributed by atoms with Crippen molar-refractivity contribution in [2.45, 2.75) is 20.0 Å². The van der Waals surface area contributed by atoms with Crippen molar-refractivity contribution < 1.29 is 5.11 Å². The molecule has 0 bridgehead atoms. The Kier molecular flexibility index (Phi) is 4.24. The third-order valence-corrected chi connectivity index (χ3v) is 3.22. The molecule has 3 heteroatoms. The molecule has 94 valence electrons. The van der Waals surface area contributed by atoms with E-state index in [1.54, 1.807) is 12.1 Å². The van der Waals surface area contributed by atoms with E-state index in [1.807, 2.05) is 18.2 Å². The lowest BCUT2D eigenvalue weighted by atomic mass is 10.1. The Morgan fingerprint density at radius 2 is 1.89 bits per heavy atom. The lowest BCUT2D eigenvalue weighted by Crippen LogP contribution is -2.13. The highest BCUT2D eigenvalue weighted by Gasteiger charge is 2.00. The van der Waals surface area contributed by atoms with Gasteiger partial charge in [0.15, 0.2) is 0 Å². The zero-order chi connectivity index (χ0) is 13.0. The number of phenols is 1. The standard InChI is InChI=1S/C15H16ClNO/c1-11-4-2-3-5-13(11)10-17-9-12-6-7-15(18)14(16)8-12/h2-8,17-18H,9-10H2,1H3. The molecule has 0 aliphatic heterocycles. The number of aryl methyl sites for hydroxylation is 1. The van der Waals surface area contributed by atoms with Crippen LogP contribution >= 0.6 is 11.6 Å². The Bertz CT molecular complexity index is 540. The lowest BCUT2D eigenvalue weighted by Gasteiger charge is -2.08. The summed E-state index contributed by atoms with van der Waals surface area (Å²) in [5.41, 5.74) is 3.64. The van der Waals surface area contributed by atoms with Crippen LogP contribution in [0.4, 0.5) is 0 Å². The van der Waals surface area contributed by atoms with Gasteiger partial charge in [-0.25, -0.2) is 0 Å². The van der Waals surface area contributed by atoms with Crippen LogP contribution in [-0.4, -0.2) is 5.11 Å². The number of benzene rings is 2. The molecule has 0 saturated carbocycles. The van der Waals surface area contributed by atoms with E-state index in [0.717, 1.165) is 18.7 Å². The molecule has 2 N–H and O–H groups in total. The number of halogens is 1. The van der Waals surface area contributed by atoms with E-state index in [-0.39, 0.29) is 5.75 Å². The van der Waals surface area contributed by atoms with Crippen LogP contribution in [0.25, 0.3) is 0 Å². The number of aromatic hydroxyl groups is 1. The van der Waals surface area contributed by atoms with Crippen LogP contribution in [0.3, 0.4) is 0 Å². The van der Waals surface area contributed by atoms with Gasteiger partial charge in [0.25, 0.3) is 0 Å². The van der Waals surface area contributed by atoms with Gasteiger partial charge in [-0.05, 0) is 35.7 Å². The average Bonchev–Trinajstić information content (AvgIpc) is 2.36. The zero-order valence-corrected chi connectivity index (χ0v) is 11.0. The minimum absolute atomic E-state index is 0.124. The van der Waals surface area contributed by atoms with E-state index in [0.29, 0.717) is 5.02 Å². The summed E-state index contributed by atoms with van der Waals surface area (Å²) in [6.07, 6.45) is 0. The van der Waals surface area contributed by atoms with Gasteiger partial charge in [0, 0.05) is 13.1 Å². The molecule has 0 amide bonds. The number of phenolic OH excluding ortho intramolecular Hbond substituents is 1. The highest BCUT2D eigenvalue weighted by Crippen LogP contribution is 2.23. The van der Waals surface area contributed by atoms with Crippen LogP contribution in [0.5, 0.6) is 5.75 Å². The maximum absolute atomic E-state index is 9.33. The highest BCUT2D eigenvalue weighted by molar-refractivity contribution is 6.32. The van der Waals surface area contributed by atoms with Crippen molar-refractivity contribution in [3.8, 4) is 5.75 Å². The third-order valence-electron chi connectivity index (χ3n) is 2.92. The zero-order valence-electron chi connectivity index (χ0n) is 10.3. The van der Waals surface area contributed by atoms with Gasteiger partial charge >= 0.3 is 0 Å². The van der Waals surface area contributed by atoms with Crippen LogP contribution in [0.2, 0.25) is 5.02 Å². The first-order valence-electron chi connectivity index (χ1n) is 5.89. The Labute approximate surface area is 112 Å². The predicted molar refractivity (Wildman–Crippen MR) is 74.8 cm³/mol. The molecular weight excluding hydrogens is 246 g/mol. The quantitative estimate of drug-likeness (QED) is 0.881. The Balaban J connectivity index is 1.92. The van der Waals surface area contributed by atoms with Crippen LogP contribution < -0.4 is 5.32 Å². The van der Waals surface area contributed by atoms with Crippen molar-refractivity contribution in [2.24, 2.45) is 0 Å². The molecule has 0 saturated heterocycles. The third kappa shape index (κ3) is 3.25. The fraction of sp³-hybridized carbons (Fsp3) is 0.200. The lowest BCUT2D eigenvalue weighted by molar-refractivity contribution is 0.475. The van der Waals surface area contributed by atoms with E-state index in [2.05, 4.69) is 24.4 Å². The average molecular weight is 262 g/mol. The summed E-state index contributed by atoms with van der Waals surface area (Å²) in [6, 6.07) is 13.6. The second kappa shape index (κ2) is 5.89. The van der Waals surface area contributed by atoms with E-state index < -0.39 is 0 Å². The van der Waals surface area contributed by atoms with E-state index in [9.17, 15) is 5.11 Å². The van der Waals surface area contributed by atoms with E-state index >= 15 is 0 Å². The van der Waals surface area contributed by atoms with Crippen LogP contribution in [0.1, 0.15) is 16.7 Å². The summed E-state index contributed by atoms with van der Waals surface area (Å²) in [5, 5.41) is 13.1. The molecule has 2 nitrogen and oxygen atoms in total. The topological polar surface area (TPSA) is 32.3 Å². The Morgan fingerprint density at radius 3 is 2.61 bits per heavy atom. The van der Waals surface area contributed by atoms with Gasteiger partial charge in [-0.15, -0.1) is 0 Å². The summed E-state index contributed by atoms with van der Waals surface area (Å²) < 4.78 is 0. The monoisotopic (exact) mass is 261 g/mol. The van der Waals surface area contributed by atoms with E-state index in [1.165, 1.54) is 11.1 Å². The van der Waals surface area contributed by atoms with Crippen molar-refractivity contribution in [1.29, 1.82) is 0 Å². The molecule has 0 aromatic heterocycles. The minimum atomic E-state index is 0.124. The summed E-state index contributed by atoms with van der Waals surface area (Å²) in [4.78, 5) is 0. The SMILES string of the molecule is Cc1ccccc1CNCc1ccc(O)c(Cl)c1. The second-order valence-electron chi connectivity index (χ2n) is 4.32. The van der Waals surface area contributed by atoms with Crippen LogP contribution in [-0.2, 0) is 13.1 Å². The second-order valence-corrected chi connectivity index (χ2v) is 4.72. The maximum atomic E-state index is 9.33. The molecule has 0 fully saturated rings. The van der Waals surface area contributed by atoms with Crippen molar-refractivity contribution in [3.63, 3.8) is 0 Å². The fourth-order valence-corrected chi connectivity index (χ4v) is 2.01. The molecule has 0 spiro atoms. The smallest absolute Gasteiger partial charge is 0.134 e. The summed E-state index contributed by atoms with van der Waals surface area (Å²) >= 11 is 5.86. The maximum Gasteiger partial charge on any atom is 0.134 e. The number of hydrogen-bond acceptors (Lipinski definition) is 2. The predicted octanol–water partition coefficient (Wildman–Crippen LogP) is 3.64. The molecule has 0 heterocycles. The Hall–Kier alpha value is -1.51. The first kappa shape index (κ1) is 12.9. The number of hydrogen-bond donors (Lipinski definition) is 2. The van der Waals surface area contributed by atoms with Crippen LogP contribution in [0.15, 0.2) is 42.5 Å². The molecule has 0 radical (unpaired) electrons. The number of nitrogens with one attached hydrogen (secondary N) is 1. The first-order valence-corrected chi connectivity index (χ1v) is 6.27. The molecule has 0 aliphatic carbocycles. The van der Waals surface area contributed by atoms with Gasteiger partial charge in [0.1, 0.15) is 5.75 Å². The Morgan fingerprint density at radius 1 is 1.11 bits per heavy atom. The van der Waals surface area contributed by atoms with Crippen LogP contribution in [0, 0.1) is 6.92 Å².